The van der Waals surface area contributed by atoms with Gasteiger partial charge in [0.1, 0.15) is 10.7 Å². The number of rotatable bonds is 5. The average molecular weight is 366 g/mol. The van der Waals surface area contributed by atoms with Gasteiger partial charge in [0.05, 0.1) is 6.04 Å². The Balaban J connectivity index is 0.00000264. The van der Waals surface area contributed by atoms with Crippen molar-refractivity contribution in [1.82, 2.24) is 15.4 Å². The number of hydrogen-bond acceptors (Lipinski definition) is 4. The molecule has 1 aliphatic rings. The number of sulfonamides is 1. The molecule has 1 aromatic carbocycles. The second-order valence-electron chi connectivity index (χ2n) is 5.31. The van der Waals surface area contributed by atoms with Crippen LogP contribution in [0.25, 0.3) is 0 Å². The number of carbonyl (C=O) groups excluding carboxylic acids is 1. The Kier molecular flexibility index (Phi) is 7.40. The smallest absolute Gasteiger partial charge is 0.244 e. The second-order valence-corrected chi connectivity index (χ2v) is 6.99. The van der Waals surface area contributed by atoms with Crippen LogP contribution in [0.4, 0.5) is 4.39 Å². The minimum atomic E-state index is -4.07. The van der Waals surface area contributed by atoms with Gasteiger partial charge in [0.25, 0.3) is 0 Å². The minimum Gasteiger partial charge on any atom is -0.352 e. The first-order valence-electron chi connectivity index (χ1n) is 7.18. The zero-order valence-electron chi connectivity index (χ0n) is 12.7. The molecular formula is C14H21ClFN3O3S. The van der Waals surface area contributed by atoms with Crippen LogP contribution in [0, 0.1) is 5.82 Å². The van der Waals surface area contributed by atoms with E-state index in [2.05, 4.69) is 15.4 Å². The van der Waals surface area contributed by atoms with E-state index in [9.17, 15) is 17.6 Å². The van der Waals surface area contributed by atoms with Gasteiger partial charge in [0.15, 0.2) is 0 Å². The van der Waals surface area contributed by atoms with Gasteiger partial charge in [-0.2, -0.15) is 4.72 Å². The van der Waals surface area contributed by atoms with Crippen molar-refractivity contribution in [2.24, 2.45) is 0 Å². The third-order valence-corrected chi connectivity index (χ3v) is 5.11. The predicted octanol–water partition coefficient (Wildman–Crippen LogP) is 0.782. The topological polar surface area (TPSA) is 87.3 Å². The Morgan fingerprint density at radius 2 is 1.91 bits per heavy atom. The Bertz CT molecular complexity index is 636. The number of hydrogen-bond donors (Lipinski definition) is 3. The summed E-state index contributed by atoms with van der Waals surface area (Å²) in [6.07, 6.45) is 1.61. The Morgan fingerprint density at radius 3 is 2.52 bits per heavy atom. The third-order valence-electron chi connectivity index (χ3n) is 3.54. The van der Waals surface area contributed by atoms with Gasteiger partial charge in [-0.15, -0.1) is 12.4 Å². The molecule has 1 amide bonds. The van der Waals surface area contributed by atoms with Gasteiger partial charge in [0, 0.05) is 6.04 Å². The van der Waals surface area contributed by atoms with Crippen molar-refractivity contribution < 1.29 is 17.6 Å². The van der Waals surface area contributed by atoms with Crippen LogP contribution >= 0.6 is 12.4 Å². The molecular weight excluding hydrogens is 345 g/mol. The first-order chi connectivity index (χ1) is 10.4. The summed E-state index contributed by atoms with van der Waals surface area (Å²) in [5.74, 6) is -1.26. The van der Waals surface area contributed by atoms with Crippen molar-refractivity contribution in [3.05, 3.63) is 30.1 Å². The van der Waals surface area contributed by atoms with Crippen molar-refractivity contribution in [2.75, 3.05) is 13.1 Å². The van der Waals surface area contributed by atoms with Crippen LogP contribution in [0.5, 0.6) is 0 Å². The molecule has 1 aliphatic heterocycles. The minimum absolute atomic E-state index is 0. The standard InChI is InChI=1S/C14H20FN3O3S.ClH/c1-10(14(19)17-11-6-8-16-9-7-11)18-22(20,21)13-5-3-2-4-12(13)15;/h2-5,10-11,16,18H,6-9H2,1H3,(H,17,19);1H. The summed E-state index contributed by atoms with van der Waals surface area (Å²) in [6.45, 7) is 3.08. The summed E-state index contributed by atoms with van der Waals surface area (Å²) in [7, 11) is -4.07. The van der Waals surface area contributed by atoms with Crippen LogP contribution in [-0.2, 0) is 14.8 Å². The molecule has 0 spiro atoms. The molecule has 9 heteroatoms. The SMILES string of the molecule is CC(NS(=O)(=O)c1ccccc1F)C(=O)NC1CCNCC1.Cl. The van der Waals surface area contributed by atoms with Gasteiger partial charge in [-0.1, -0.05) is 12.1 Å². The van der Waals surface area contributed by atoms with Crippen molar-refractivity contribution in [2.45, 2.75) is 36.7 Å². The molecule has 0 bridgehead atoms. The molecule has 1 fully saturated rings. The summed E-state index contributed by atoms with van der Waals surface area (Å²) in [4.78, 5) is 11.6. The summed E-state index contributed by atoms with van der Waals surface area (Å²) in [5.41, 5.74) is 0. The Hall–Kier alpha value is -1.22. The van der Waals surface area contributed by atoms with E-state index in [0.717, 1.165) is 38.1 Å². The molecule has 0 saturated carbocycles. The van der Waals surface area contributed by atoms with Gasteiger partial charge >= 0.3 is 0 Å². The molecule has 1 heterocycles. The van der Waals surface area contributed by atoms with Gasteiger partial charge in [-0.3, -0.25) is 4.79 Å². The number of nitrogens with one attached hydrogen (secondary N) is 3. The molecule has 3 N–H and O–H groups in total. The summed E-state index contributed by atoms with van der Waals surface area (Å²) < 4.78 is 40.0. The van der Waals surface area contributed by atoms with E-state index in [1.807, 2.05) is 0 Å². The van der Waals surface area contributed by atoms with Crippen LogP contribution in [0.3, 0.4) is 0 Å². The van der Waals surface area contributed by atoms with E-state index in [1.54, 1.807) is 0 Å². The van der Waals surface area contributed by atoms with Crippen LogP contribution in [0.2, 0.25) is 0 Å². The average Bonchev–Trinajstić information content (AvgIpc) is 2.48. The van der Waals surface area contributed by atoms with Crippen molar-refractivity contribution in [3.8, 4) is 0 Å². The summed E-state index contributed by atoms with van der Waals surface area (Å²) in [6, 6.07) is 4.12. The first kappa shape index (κ1) is 19.8. The highest BCUT2D eigenvalue weighted by atomic mass is 35.5. The molecule has 2 rings (SSSR count). The zero-order chi connectivity index (χ0) is 16.2. The van der Waals surface area contributed by atoms with E-state index in [4.69, 9.17) is 0 Å². The largest absolute Gasteiger partial charge is 0.352 e. The van der Waals surface area contributed by atoms with Crippen molar-refractivity contribution >= 4 is 28.3 Å². The number of carbonyl (C=O) groups is 1. The maximum atomic E-state index is 13.6. The van der Waals surface area contributed by atoms with Crippen molar-refractivity contribution in [1.29, 1.82) is 0 Å². The van der Waals surface area contributed by atoms with Gasteiger partial charge in [0.2, 0.25) is 15.9 Å². The number of halogens is 2. The fourth-order valence-corrected chi connectivity index (χ4v) is 3.59. The van der Waals surface area contributed by atoms with E-state index >= 15 is 0 Å². The number of benzene rings is 1. The maximum absolute atomic E-state index is 13.6. The van der Waals surface area contributed by atoms with Crippen LogP contribution in [0.1, 0.15) is 19.8 Å². The zero-order valence-corrected chi connectivity index (χ0v) is 14.3. The summed E-state index contributed by atoms with van der Waals surface area (Å²) in [5, 5.41) is 5.99. The molecule has 1 atom stereocenters. The lowest BCUT2D eigenvalue weighted by atomic mass is 10.1. The fraction of sp³-hybridized carbons (Fsp3) is 0.500. The lowest BCUT2D eigenvalue weighted by molar-refractivity contribution is -0.123. The lowest BCUT2D eigenvalue weighted by Gasteiger charge is -2.25. The highest BCUT2D eigenvalue weighted by Crippen LogP contribution is 2.13. The van der Waals surface area contributed by atoms with Gasteiger partial charge in [-0.25, -0.2) is 12.8 Å². The maximum Gasteiger partial charge on any atom is 0.244 e. The van der Waals surface area contributed by atoms with Crippen LogP contribution in [0.15, 0.2) is 29.2 Å². The molecule has 23 heavy (non-hydrogen) atoms. The van der Waals surface area contributed by atoms with Gasteiger partial charge in [-0.05, 0) is 45.0 Å². The van der Waals surface area contributed by atoms with Gasteiger partial charge < -0.3 is 10.6 Å². The molecule has 0 aliphatic carbocycles. The van der Waals surface area contributed by atoms with Crippen LogP contribution in [-0.4, -0.2) is 39.5 Å². The highest BCUT2D eigenvalue weighted by Gasteiger charge is 2.26. The fourth-order valence-electron chi connectivity index (χ4n) is 2.30. The summed E-state index contributed by atoms with van der Waals surface area (Å²) >= 11 is 0. The van der Waals surface area contributed by atoms with E-state index < -0.39 is 32.7 Å². The lowest BCUT2D eigenvalue weighted by Crippen LogP contribution is -2.50. The first-order valence-corrected chi connectivity index (χ1v) is 8.66. The van der Waals surface area contributed by atoms with Crippen LogP contribution < -0.4 is 15.4 Å². The monoisotopic (exact) mass is 365 g/mol. The second kappa shape index (κ2) is 8.58. The van der Waals surface area contributed by atoms with E-state index in [1.165, 1.54) is 19.1 Å². The molecule has 1 unspecified atom stereocenters. The van der Waals surface area contributed by atoms with E-state index in [-0.39, 0.29) is 18.4 Å². The molecule has 130 valence electrons. The Morgan fingerprint density at radius 1 is 1.30 bits per heavy atom. The predicted molar refractivity (Wildman–Crippen MR) is 87.5 cm³/mol. The van der Waals surface area contributed by atoms with Crippen molar-refractivity contribution in [3.63, 3.8) is 0 Å². The highest BCUT2D eigenvalue weighted by molar-refractivity contribution is 7.89. The third kappa shape index (κ3) is 5.42. The number of piperidine rings is 1. The number of amides is 1. The molecule has 0 aromatic heterocycles. The normalized spacial score (nSPS) is 17.1. The van der Waals surface area contributed by atoms with E-state index in [0.29, 0.717) is 0 Å². The molecule has 1 saturated heterocycles. The quantitative estimate of drug-likeness (QED) is 0.719. The molecule has 6 nitrogen and oxygen atoms in total. The molecule has 0 radical (unpaired) electrons. The Labute approximate surface area is 141 Å². The molecule has 1 aromatic rings.